The maximum absolute atomic E-state index is 12.5. The summed E-state index contributed by atoms with van der Waals surface area (Å²) in [5.74, 6) is -0.389. The van der Waals surface area contributed by atoms with Crippen LogP contribution < -0.4 is 0 Å². The van der Waals surface area contributed by atoms with Gasteiger partial charge in [-0.25, -0.2) is 8.42 Å². The molecule has 5 heteroatoms. The molecule has 3 nitrogen and oxygen atoms in total. The normalized spacial score (nSPS) is 24.4. The molecule has 18 heavy (non-hydrogen) atoms. The van der Waals surface area contributed by atoms with Gasteiger partial charge in [-0.05, 0) is 37.1 Å². The van der Waals surface area contributed by atoms with E-state index in [1.54, 1.807) is 12.1 Å². The van der Waals surface area contributed by atoms with Gasteiger partial charge in [-0.1, -0.05) is 24.4 Å². The number of nitrogens with zero attached hydrogens (tertiary/aromatic N) is 1. The Morgan fingerprint density at radius 2 is 1.78 bits per heavy atom. The number of hydrogen-bond acceptors (Lipinski definition) is 3. The number of benzene rings is 1. The van der Waals surface area contributed by atoms with Crippen LogP contribution in [0, 0.1) is 17.2 Å². The van der Waals surface area contributed by atoms with E-state index in [0.29, 0.717) is 17.9 Å². The topological polar surface area (TPSA) is 57.9 Å². The van der Waals surface area contributed by atoms with Gasteiger partial charge in [0.05, 0.1) is 22.1 Å². The van der Waals surface area contributed by atoms with Crippen LogP contribution in [-0.4, -0.2) is 13.7 Å². The molecule has 0 aromatic heterocycles. The van der Waals surface area contributed by atoms with Gasteiger partial charge in [0.25, 0.3) is 0 Å². The first-order chi connectivity index (χ1) is 8.55. The Morgan fingerprint density at radius 1 is 1.17 bits per heavy atom. The van der Waals surface area contributed by atoms with Crippen LogP contribution in [0.4, 0.5) is 0 Å². The molecule has 0 spiro atoms. The average molecular weight is 284 g/mol. The minimum Gasteiger partial charge on any atom is -0.223 e. The molecule has 1 fully saturated rings. The molecule has 0 N–H and O–H groups in total. The van der Waals surface area contributed by atoms with Crippen LogP contribution >= 0.6 is 11.6 Å². The van der Waals surface area contributed by atoms with E-state index in [4.69, 9.17) is 16.9 Å². The molecule has 2 rings (SSSR count). The summed E-state index contributed by atoms with van der Waals surface area (Å²) in [7, 11) is -3.42. The second-order valence-corrected chi connectivity index (χ2v) is 7.16. The summed E-state index contributed by atoms with van der Waals surface area (Å²) in [5.41, 5.74) is 0. The highest BCUT2D eigenvalue weighted by Gasteiger charge is 2.36. The third kappa shape index (κ3) is 2.52. The van der Waals surface area contributed by atoms with Crippen molar-refractivity contribution in [1.29, 1.82) is 5.26 Å². The lowest BCUT2D eigenvalue weighted by Gasteiger charge is -2.26. The second-order valence-electron chi connectivity index (χ2n) is 4.56. The molecule has 1 aliphatic rings. The molecule has 0 aliphatic heterocycles. The van der Waals surface area contributed by atoms with Gasteiger partial charge in [-0.15, -0.1) is 0 Å². The van der Waals surface area contributed by atoms with Crippen molar-refractivity contribution in [2.45, 2.75) is 35.8 Å². The van der Waals surface area contributed by atoms with Crippen LogP contribution in [0.15, 0.2) is 29.2 Å². The van der Waals surface area contributed by atoms with Gasteiger partial charge in [0.2, 0.25) is 0 Å². The highest BCUT2D eigenvalue weighted by Crippen LogP contribution is 2.33. The summed E-state index contributed by atoms with van der Waals surface area (Å²) < 4.78 is 24.9. The van der Waals surface area contributed by atoms with Crippen LogP contribution in [0.1, 0.15) is 25.7 Å². The maximum Gasteiger partial charge on any atom is 0.182 e. The van der Waals surface area contributed by atoms with Crippen molar-refractivity contribution in [3.63, 3.8) is 0 Å². The van der Waals surface area contributed by atoms with Crippen molar-refractivity contribution >= 4 is 21.4 Å². The van der Waals surface area contributed by atoms with Gasteiger partial charge in [0.1, 0.15) is 0 Å². The van der Waals surface area contributed by atoms with Crippen LogP contribution in [0.2, 0.25) is 5.02 Å². The van der Waals surface area contributed by atoms with E-state index in [9.17, 15) is 8.42 Å². The SMILES string of the molecule is N#CC1CCCCC1S(=O)(=O)c1ccc(Cl)cc1. The molecule has 2 atom stereocenters. The van der Waals surface area contributed by atoms with Gasteiger partial charge in [-0.2, -0.15) is 5.26 Å². The molecule has 1 saturated carbocycles. The Labute approximate surface area is 112 Å². The predicted octanol–water partition coefficient (Wildman–Crippen LogP) is 3.20. The molecule has 0 amide bonds. The number of nitriles is 1. The number of hydrogen-bond donors (Lipinski definition) is 0. The standard InChI is InChI=1S/C13H14ClNO2S/c14-11-5-7-12(8-6-11)18(16,17)13-4-2-1-3-10(13)9-15/h5-8,10,13H,1-4H2. The average Bonchev–Trinajstić information content (AvgIpc) is 2.39. The quantitative estimate of drug-likeness (QED) is 0.837. The van der Waals surface area contributed by atoms with Crippen molar-refractivity contribution in [3.05, 3.63) is 29.3 Å². The highest BCUT2D eigenvalue weighted by molar-refractivity contribution is 7.92. The van der Waals surface area contributed by atoms with Crippen molar-refractivity contribution in [2.24, 2.45) is 5.92 Å². The lowest BCUT2D eigenvalue weighted by Crippen LogP contribution is -2.32. The predicted molar refractivity (Wildman–Crippen MR) is 70.0 cm³/mol. The second kappa shape index (κ2) is 5.29. The molecule has 1 aromatic carbocycles. The summed E-state index contributed by atoms with van der Waals surface area (Å²) in [6.45, 7) is 0. The first kappa shape index (κ1) is 13.4. The van der Waals surface area contributed by atoms with E-state index in [0.717, 1.165) is 12.8 Å². The molecule has 0 bridgehead atoms. The van der Waals surface area contributed by atoms with Gasteiger partial charge in [0.15, 0.2) is 9.84 Å². The number of halogens is 1. The van der Waals surface area contributed by atoms with E-state index >= 15 is 0 Å². The first-order valence-corrected chi connectivity index (χ1v) is 7.87. The summed E-state index contributed by atoms with van der Waals surface area (Å²) in [5, 5.41) is 9.02. The lowest BCUT2D eigenvalue weighted by molar-refractivity contribution is 0.418. The number of rotatable bonds is 2. The van der Waals surface area contributed by atoms with Crippen molar-refractivity contribution in [3.8, 4) is 6.07 Å². The van der Waals surface area contributed by atoms with Gasteiger partial charge in [0, 0.05) is 5.02 Å². The lowest BCUT2D eigenvalue weighted by atomic mass is 9.90. The van der Waals surface area contributed by atoms with Crippen LogP contribution in [-0.2, 0) is 9.84 Å². The number of sulfone groups is 1. The summed E-state index contributed by atoms with van der Waals surface area (Å²) in [4.78, 5) is 0.263. The highest BCUT2D eigenvalue weighted by atomic mass is 35.5. The van der Waals surface area contributed by atoms with E-state index in [1.807, 2.05) is 0 Å². The Morgan fingerprint density at radius 3 is 2.39 bits per heavy atom. The molecular weight excluding hydrogens is 270 g/mol. The van der Waals surface area contributed by atoms with Crippen molar-refractivity contribution in [2.75, 3.05) is 0 Å². The van der Waals surface area contributed by atoms with Gasteiger partial charge in [-0.3, -0.25) is 0 Å². The molecule has 0 heterocycles. The van der Waals surface area contributed by atoms with Crippen molar-refractivity contribution in [1.82, 2.24) is 0 Å². The Hall–Kier alpha value is -1.05. The Balaban J connectivity index is 2.35. The first-order valence-electron chi connectivity index (χ1n) is 5.95. The molecule has 0 saturated heterocycles. The zero-order chi connectivity index (χ0) is 13.2. The van der Waals surface area contributed by atoms with Crippen LogP contribution in [0.5, 0.6) is 0 Å². The Bertz CT molecular complexity index is 560. The molecular formula is C13H14ClNO2S. The minimum atomic E-state index is -3.42. The maximum atomic E-state index is 12.5. The summed E-state index contributed by atoms with van der Waals surface area (Å²) in [6, 6.07) is 8.30. The largest absolute Gasteiger partial charge is 0.223 e. The van der Waals surface area contributed by atoms with Gasteiger partial charge >= 0.3 is 0 Å². The summed E-state index contributed by atoms with van der Waals surface area (Å²) >= 11 is 5.76. The molecule has 2 unspecified atom stereocenters. The van der Waals surface area contributed by atoms with E-state index in [-0.39, 0.29) is 10.8 Å². The third-order valence-electron chi connectivity index (χ3n) is 3.41. The fourth-order valence-electron chi connectivity index (χ4n) is 2.42. The molecule has 1 aromatic rings. The summed E-state index contributed by atoms with van der Waals surface area (Å²) in [6.07, 6.45) is 3.05. The van der Waals surface area contributed by atoms with Gasteiger partial charge < -0.3 is 0 Å². The zero-order valence-electron chi connectivity index (χ0n) is 9.84. The van der Waals surface area contributed by atoms with Crippen LogP contribution in [0.3, 0.4) is 0 Å². The Kier molecular flexibility index (Phi) is 3.94. The fourth-order valence-corrected chi connectivity index (χ4v) is 4.51. The van der Waals surface area contributed by atoms with E-state index < -0.39 is 15.1 Å². The van der Waals surface area contributed by atoms with E-state index in [2.05, 4.69) is 6.07 Å². The molecule has 0 radical (unpaired) electrons. The van der Waals surface area contributed by atoms with Crippen LogP contribution in [0.25, 0.3) is 0 Å². The monoisotopic (exact) mass is 283 g/mol. The smallest absolute Gasteiger partial charge is 0.182 e. The molecule has 1 aliphatic carbocycles. The minimum absolute atomic E-state index is 0.263. The molecule has 96 valence electrons. The van der Waals surface area contributed by atoms with E-state index in [1.165, 1.54) is 12.1 Å². The fraction of sp³-hybridized carbons (Fsp3) is 0.462. The van der Waals surface area contributed by atoms with Crippen molar-refractivity contribution < 1.29 is 8.42 Å². The zero-order valence-corrected chi connectivity index (χ0v) is 11.4. The third-order valence-corrected chi connectivity index (χ3v) is 5.95.